The number of ether oxygens (including phenoxy) is 1. The Labute approximate surface area is 176 Å². The zero-order valence-electron chi connectivity index (χ0n) is 17.2. The number of pyridine rings is 1. The van der Waals surface area contributed by atoms with E-state index in [2.05, 4.69) is 9.88 Å². The molecule has 0 bridgehead atoms. The van der Waals surface area contributed by atoms with E-state index in [4.69, 9.17) is 4.74 Å². The van der Waals surface area contributed by atoms with E-state index >= 15 is 0 Å². The molecule has 0 spiro atoms. The second-order valence-corrected chi connectivity index (χ2v) is 7.98. The van der Waals surface area contributed by atoms with E-state index in [-0.39, 0.29) is 22.9 Å². The minimum Gasteiger partial charge on any atom is -0.379 e. The number of aromatic nitrogens is 2. The van der Waals surface area contributed by atoms with Crippen molar-refractivity contribution in [3.63, 3.8) is 0 Å². The minimum absolute atomic E-state index is 0.161. The Morgan fingerprint density at radius 1 is 1.26 bits per heavy atom. The summed E-state index contributed by atoms with van der Waals surface area (Å²) in [6.45, 7) is 3.82. The average molecular weight is 437 g/mol. The van der Waals surface area contributed by atoms with Crippen molar-refractivity contribution in [2.24, 2.45) is 0 Å². The van der Waals surface area contributed by atoms with Crippen LogP contribution in [0.2, 0.25) is 0 Å². The quantitative estimate of drug-likeness (QED) is 0.629. The molecule has 3 aromatic rings. The van der Waals surface area contributed by atoms with Crippen molar-refractivity contribution in [3.8, 4) is 11.3 Å². The molecule has 0 radical (unpaired) electrons. The summed E-state index contributed by atoms with van der Waals surface area (Å²) in [7, 11) is 1.98. The Bertz CT molecular complexity index is 1100. The maximum atomic E-state index is 14.8. The maximum Gasteiger partial charge on any atom is 0.418 e. The van der Waals surface area contributed by atoms with Gasteiger partial charge in [-0.25, -0.2) is 9.37 Å². The van der Waals surface area contributed by atoms with Crippen molar-refractivity contribution >= 4 is 5.65 Å². The number of rotatable bonds is 4. The molecule has 1 aliphatic heterocycles. The third-order valence-electron chi connectivity index (χ3n) is 5.52. The van der Waals surface area contributed by atoms with E-state index in [0.717, 1.165) is 12.1 Å². The molecule has 1 aliphatic rings. The molecule has 2 atom stereocenters. The predicted molar refractivity (Wildman–Crippen MR) is 107 cm³/mol. The van der Waals surface area contributed by atoms with Gasteiger partial charge in [-0.15, -0.1) is 0 Å². The molecule has 2 unspecified atom stereocenters. The standard InChI is InChI=1S/C22H23F4N3O2/c1-13-3-4-16(17(23)9-13)20-18(11-15-12-28(2)7-8-31-15)29-6-5-14(10-19(29)27-20)21(30)22(24,25)26/h3-6,9-10,15,21,30H,7-8,11-12H2,1-2H3. The van der Waals surface area contributed by atoms with Gasteiger partial charge in [0.2, 0.25) is 0 Å². The molecule has 166 valence electrons. The van der Waals surface area contributed by atoms with Crippen LogP contribution >= 0.6 is 0 Å². The summed E-state index contributed by atoms with van der Waals surface area (Å²) in [6.07, 6.45) is -5.72. The lowest BCUT2D eigenvalue weighted by molar-refractivity contribution is -0.206. The van der Waals surface area contributed by atoms with Gasteiger partial charge in [0.25, 0.3) is 0 Å². The lowest BCUT2D eigenvalue weighted by Gasteiger charge is -2.30. The highest BCUT2D eigenvalue weighted by Gasteiger charge is 2.39. The number of morpholine rings is 1. The number of aliphatic hydroxyl groups is 1. The van der Waals surface area contributed by atoms with Crippen molar-refractivity contribution in [2.45, 2.75) is 31.7 Å². The van der Waals surface area contributed by atoms with Gasteiger partial charge in [0.1, 0.15) is 11.5 Å². The number of benzene rings is 1. The molecular weight excluding hydrogens is 414 g/mol. The number of hydrogen-bond acceptors (Lipinski definition) is 4. The van der Waals surface area contributed by atoms with Gasteiger partial charge in [-0.2, -0.15) is 13.2 Å². The number of hydrogen-bond donors (Lipinski definition) is 1. The van der Waals surface area contributed by atoms with Crippen LogP contribution in [0.1, 0.15) is 22.9 Å². The summed E-state index contributed by atoms with van der Waals surface area (Å²) < 4.78 is 61.2. The van der Waals surface area contributed by atoms with Crippen LogP contribution < -0.4 is 0 Å². The van der Waals surface area contributed by atoms with Gasteiger partial charge in [0.05, 0.1) is 24.1 Å². The first-order chi connectivity index (χ1) is 14.6. The smallest absolute Gasteiger partial charge is 0.379 e. The number of likely N-dealkylation sites (N-methyl/N-ethyl adjacent to an activating group) is 1. The zero-order chi connectivity index (χ0) is 22.3. The summed E-state index contributed by atoms with van der Waals surface area (Å²) >= 11 is 0. The molecule has 4 rings (SSSR count). The van der Waals surface area contributed by atoms with Crippen LogP contribution in [0.3, 0.4) is 0 Å². The zero-order valence-corrected chi connectivity index (χ0v) is 17.2. The Kier molecular flexibility index (Phi) is 5.76. The van der Waals surface area contributed by atoms with Crippen molar-refractivity contribution in [3.05, 3.63) is 59.2 Å². The molecule has 0 amide bonds. The molecular formula is C22H23F4N3O2. The van der Waals surface area contributed by atoms with Gasteiger partial charge in [0, 0.05) is 31.3 Å². The van der Waals surface area contributed by atoms with Gasteiger partial charge in [-0.3, -0.25) is 0 Å². The fraction of sp³-hybridized carbons (Fsp3) is 0.409. The van der Waals surface area contributed by atoms with Crippen molar-refractivity contribution < 1.29 is 27.4 Å². The largest absolute Gasteiger partial charge is 0.418 e. The minimum atomic E-state index is -4.79. The molecule has 3 heterocycles. The number of aryl methyl sites for hydroxylation is 1. The molecule has 0 aliphatic carbocycles. The van der Waals surface area contributed by atoms with Gasteiger partial charge in [0.15, 0.2) is 6.10 Å². The molecule has 0 saturated carbocycles. The van der Waals surface area contributed by atoms with Gasteiger partial charge in [-0.05, 0) is 49.4 Å². The Morgan fingerprint density at radius 3 is 2.71 bits per heavy atom. The predicted octanol–water partition coefficient (Wildman–Crippen LogP) is 3.92. The molecule has 9 heteroatoms. The fourth-order valence-electron chi connectivity index (χ4n) is 3.90. The number of alkyl halides is 3. The maximum absolute atomic E-state index is 14.8. The fourth-order valence-corrected chi connectivity index (χ4v) is 3.90. The first-order valence-electron chi connectivity index (χ1n) is 9.96. The van der Waals surface area contributed by atoms with Crippen LogP contribution in [0.25, 0.3) is 16.9 Å². The SMILES string of the molecule is Cc1ccc(-c2nc3cc(C(O)C(F)(F)F)ccn3c2CC2CN(C)CCO2)c(F)c1. The van der Waals surface area contributed by atoms with E-state index in [1.165, 1.54) is 24.4 Å². The van der Waals surface area contributed by atoms with Crippen molar-refractivity contribution in [1.29, 1.82) is 0 Å². The van der Waals surface area contributed by atoms with Crippen LogP contribution in [-0.2, 0) is 11.2 Å². The van der Waals surface area contributed by atoms with Crippen LogP contribution in [-0.4, -0.2) is 58.4 Å². The first-order valence-corrected chi connectivity index (χ1v) is 9.96. The molecule has 1 aromatic carbocycles. The second-order valence-electron chi connectivity index (χ2n) is 7.98. The molecule has 2 aromatic heterocycles. The van der Waals surface area contributed by atoms with Gasteiger partial charge >= 0.3 is 6.18 Å². The van der Waals surface area contributed by atoms with Crippen LogP contribution in [0, 0.1) is 12.7 Å². The lowest BCUT2D eigenvalue weighted by Crippen LogP contribution is -2.41. The number of nitrogens with zero attached hydrogens (tertiary/aromatic N) is 3. The van der Waals surface area contributed by atoms with E-state index in [1.807, 2.05) is 7.05 Å². The Morgan fingerprint density at radius 2 is 2.03 bits per heavy atom. The summed E-state index contributed by atoms with van der Waals surface area (Å²) in [4.78, 5) is 6.58. The van der Waals surface area contributed by atoms with Crippen LogP contribution in [0.4, 0.5) is 17.6 Å². The lowest BCUT2D eigenvalue weighted by atomic mass is 10.0. The molecule has 1 saturated heterocycles. The topological polar surface area (TPSA) is 50.0 Å². The second kappa shape index (κ2) is 8.22. The van der Waals surface area contributed by atoms with Gasteiger partial charge in [-0.1, -0.05) is 6.07 Å². The van der Waals surface area contributed by atoms with E-state index in [9.17, 15) is 22.7 Å². The highest BCUT2D eigenvalue weighted by Crippen LogP contribution is 2.34. The molecule has 1 N–H and O–H groups in total. The number of fused-ring (bicyclic) bond motifs is 1. The number of halogens is 4. The van der Waals surface area contributed by atoms with E-state index < -0.39 is 18.1 Å². The first kappa shape index (κ1) is 21.7. The number of imidazole rings is 1. The van der Waals surface area contributed by atoms with Crippen LogP contribution in [0.5, 0.6) is 0 Å². The van der Waals surface area contributed by atoms with Crippen LogP contribution in [0.15, 0.2) is 36.5 Å². The summed E-state index contributed by atoms with van der Waals surface area (Å²) in [5, 5.41) is 9.63. The Hall–Kier alpha value is -2.49. The monoisotopic (exact) mass is 437 g/mol. The molecule has 31 heavy (non-hydrogen) atoms. The summed E-state index contributed by atoms with van der Waals surface area (Å²) in [5.41, 5.74) is 1.90. The third kappa shape index (κ3) is 4.44. The number of aliphatic hydroxyl groups excluding tert-OH is 1. The van der Waals surface area contributed by atoms with Gasteiger partial charge < -0.3 is 19.1 Å². The summed E-state index contributed by atoms with van der Waals surface area (Å²) in [5.74, 6) is -0.457. The van der Waals surface area contributed by atoms with E-state index in [1.54, 1.807) is 23.5 Å². The third-order valence-corrected chi connectivity index (χ3v) is 5.52. The summed E-state index contributed by atoms with van der Waals surface area (Å²) in [6, 6.07) is 7.17. The van der Waals surface area contributed by atoms with Crippen molar-refractivity contribution in [1.82, 2.24) is 14.3 Å². The molecule has 1 fully saturated rings. The molecule has 5 nitrogen and oxygen atoms in total. The highest BCUT2D eigenvalue weighted by molar-refractivity contribution is 5.68. The Balaban J connectivity index is 1.83. The average Bonchev–Trinajstić information content (AvgIpc) is 3.04. The normalized spacial score (nSPS) is 19.1. The van der Waals surface area contributed by atoms with E-state index in [0.29, 0.717) is 31.0 Å². The van der Waals surface area contributed by atoms with Crippen molar-refractivity contribution in [2.75, 3.05) is 26.7 Å². The highest BCUT2D eigenvalue weighted by atomic mass is 19.4.